The van der Waals surface area contributed by atoms with Crippen molar-refractivity contribution in [1.29, 1.82) is 5.26 Å². The lowest BCUT2D eigenvalue weighted by Gasteiger charge is -2.22. The predicted molar refractivity (Wildman–Crippen MR) is 68.9 cm³/mol. The van der Waals surface area contributed by atoms with Crippen molar-refractivity contribution in [3.63, 3.8) is 0 Å². The largest absolute Gasteiger partial charge is 0.370 e. The molecule has 6 heteroatoms. The Morgan fingerprint density at radius 3 is 2.76 bits per heavy atom. The molecule has 0 fully saturated rings. The van der Waals surface area contributed by atoms with Gasteiger partial charge in [-0.15, -0.1) is 0 Å². The number of halogens is 1. The van der Waals surface area contributed by atoms with E-state index in [1.165, 1.54) is 12.1 Å². The molecule has 17 heavy (non-hydrogen) atoms. The number of anilines is 1. The zero-order chi connectivity index (χ0) is 12.8. The van der Waals surface area contributed by atoms with Crippen LogP contribution < -0.4 is 4.90 Å². The van der Waals surface area contributed by atoms with Crippen molar-refractivity contribution >= 4 is 27.3 Å². The quantitative estimate of drug-likeness (QED) is 0.618. The molecule has 90 valence electrons. The molecule has 0 saturated carbocycles. The van der Waals surface area contributed by atoms with E-state index in [0.29, 0.717) is 17.4 Å². The summed E-state index contributed by atoms with van der Waals surface area (Å²) >= 11 is 3.32. The maximum atomic E-state index is 10.6. The van der Waals surface area contributed by atoms with Gasteiger partial charge in [-0.2, -0.15) is 5.26 Å². The van der Waals surface area contributed by atoms with E-state index in [2.05, 4.69) is 22.0 Å². The third-order valence-electron chi connectivity index (χ3n) is 2.36. The number of rotatable bonds is 5. The first-order chi connectivity index (χ1) is 8.10. The Morgan fingerprint density at radius 2 is 2.29 bits per heavy atom. The van der Waals surface area contributed by atoms with Crippen LogP contribution in [-0.4, -0.2) is 18.0 Å². The second-order valence-electron chi connectivity index (χ2n) is 3.38. The van der Waals surface area contributed by atoms with E-state index in [1.807, 2.05) is 11.8 Å². The minimum atomic E-state index is -0.430. The molecule has 0 atom stereocenters. The lowest BCUT2D eigenvalue weighted by molar-refractivity contribution is -0.384. The lowest BCUT2D eigenvalue weighted by Crippen LogP contribution is -2.23. The van der Waals surface area contributed by atoms with E-state index in [4.69, 9.17) is 5.26 Å². The summed E-state index contributed by atoms with van der Waals surface area (Å²) in [4.78, 5) is 12.2. The Kier molecular flexibility index (Phi) is 4.91. The first kappa shape index (κ1) is 13.5. The van der Waals surface area contributed by atoms with Crippen molar-refractivity contribution in [2.75, 3.05) is 18.0 Å². The molecule has 1 aromatic carbocycles. The molecule has 0 saturated heterocycles. The summed E-state index contributed by atoms with van der Waals surface area (Å²) in [5.74, 6) is 0. The smallest absolute Gasteiger partial charge is 0.270 e. The van der Waals surface area contributed by atoms with Crippen LogP contribution >= 0.6 is 15.9 Å². The van der Waals surface area contributed by atoms with E-state index in [-0.39, 0.29) is 5.69 Å². The van der Waals surface area contributed by atoms with Crippen molar-refractivity contribution < 1.29 is 4.92 Å². The van der Waals surface area contributed by atoms with Gasteiger partial charge in [0.05, 0.1) is 23.1 Å². The number of nitrogens with zero attached hydrogens (tertiary/aromatic N) is 3. The third-order valence-corrected chi connectivity index (χ3v) is 2.99. The SMILES string of the molecule is CCN(CCC#N)c1ccc([N+](=O)[O-])cc1Br. The maximum absolute atomic E-state index is 10.6. The molecule has 0 unspecified atom stereocenters. The molecule has 0 spiro atoms. The van der Waals surface area contributed by atoms with Crippen LogP contribution in [0.4, 0.5) is 11.4 Å². The summed E-state index contributed by atoms with van der Waals surface area (Å²) in [6.45, 7) is 3.34. The molecule has 0 aliphatic rings. The van der Waals surface area contributed by atoms with E-state index in [1.54, 1.807) is 6.07 Å². The first-order valence-electron chi connectivity index (χ1n) is 5.16. The van der Waals surface area contributed by atoms with Crippen LogP contribution in [0.5, 0.6) is 0 Å². The fourth-order valence-corrected chi connectivity index (χ4v) is 2.12. The van der Waals surface area contributed by atoms with Gasteiger partial charge < -0.3 is 4.90 Å². The van der Waals surface area contributed by atoms with Gasteiger partial charge in [0.2, 0.25) is 0 Å². The van der Waals surface area contributed by atoms with Gasteiger partial charge in [0.15, 0.2) is 0 Å². The van der Waals surface area contributed by atoms with Crippen molar-refractivity contribution in [3.05, 3.63) is 32.8 Å². The number of nitro groups is 1. The van der Waals surface area contributed by atoms with Gasteiger partial charge in [-0.05, 0) is 28.9 Å². The van der Waals surface area contributed by atoms with Crippen LogP contribution in [0, 0.1) is 21.4 Å². The predicted octanol–water partition coefficient (Wildman–Crippen LogP) is 3.10. The summed E-state index contributed by atoms with van der Waals surface area (Å²) in [7, 11) is 0. The minimum Gasteiger partial charge on any atom is -0.370 e. The number of hydrogen-bond donors (Lipinski definition) is 0. The van der Waals surface area contributed by atoms with Gasteiger partial charge in [-0.3, -0.25) is 10.1 Å². The highest BCUT2D eigenvalue weighted by Gasteiger charge is 2.12. The van der Waals surface area contributed by atoms with Gasteiger partial charge in [0.25, 0.3) is 5.69 Å². The molecule has 5 nitrogen and oxygen atoms in total. The highest BCUT2D eigenvalue weighted by atomic mass is 79.9. The average Bonchev–Trinajstić information content (AvgIpc) is 2.31. The van der Waals surface area contributed by atoms with Crippen LogP contribution in [0.1, 0.15) is 13.3 Å². The molecular weight excluding hydrogens is 286 g/mol. The Morgan fingerprint density at radius 1 is 1.59 bits per heavy atom. The Bertz CT molecular complexity index is 457. The van der Waals surface area contributed by atoms with Crippen molar-refractivity contribution in [2.24, 2.45) is 0 Å². The standard InChI is InChI=1S/C11H12BrN3O2/c1-2-14(7-3-6-13)11-5-4-9(15(16)17)8-10(11)12/h4-5,8H,2-3,7H2,1H3. The normalized spacial score (nSPS) is 9.71. The topological polar surface area (TPSA) is 70.2 Å². The van der Waals surface area contributed by atoms with E-state index in [0.717, 1.165) is 12.2 Å². The van der Waals surface area contributed by atoms with Crippen molar-refractivity contribution in [2.45, 2.75) is 13.3 Å². The van der Waals surface area contributed by atoms with E-state index < -0.39 is 4.92 Å². The Labute approximate surface area is 108 Å². The van der Waals surface area contributed by atoms with Crippen molar-refractivity contribution in [1.82, 2.24) is 0 Å². The summed E-state index contributed by atoms with van der Waals surface area (Å²) < 4.78 is 0.673. The van der Waals surface area contributed by atoms with Crippen LogP contribution in [0.25, 0.3) is 0 Å². The lowest BCUT2D eigenvalue weighted by atomic mass is 10.2. The Balaban J connectivity index is 2.97. The molecule has 1 rings (SSSR count). The average molecular weight is 298 g/mol. The molecule has 0 aliphatic heterocycles. The van der Waals surface area contributed by atoms with Gasteiger partial charge >= 0.3 is 0 Å². The second-order valence-corrected chi connectivity index (χ2v) is 4.23. The van der Waals surface area contributed by atoms with Gasteiger partial charge in [0.1, 0.15) is 0 Å². The van der Waals surface area contributed by atoms with Crippen LogP contribution in [0.15, 0.2) is 22.7 Å². The summed E-state index contributed by atoms with van der Waals surface area (Å²) in [5, 5.41) is 19.2. The molecule has 0 radical (unpaired) electrons. The Hall–Kier alpha value is -1.61. The highest BCUT2D eigenvalue weighted by Crippen LogP contribution is 2.30. The van der Waals surface area contributed by atoms with Crippen molar-refractivity contribution in [3.8, 4) is 6.07 Å². The van der Waals surface area contributed by atoms with Crippen LogP contribution in [-0.2, 0) is 0 Å². The molecule has 0 aliphatic carbocycles. The highest BCUT2D eigenvalue weighted by molar-refractivity contribution is 9.10. The number of nitro benzene ring substituents is 1. The first-order valence-corrected chi connectivity index (χ1v) is 5.95. The number of benzene rings is 1. The monoisotopic (exact) mass is 297 g/mol. The molecule has 0 N–H and O–H groups in total. The van der Waals surface area contributed by atoms with E-state index >= 15 is 0 Å². The molecule has 0 heterocycles. The molecule has 0 bridgehead atoms. The zero-order valence-corrected chi connectivity index (χ0v) is 11.0. The number of hydrogen-bond acceptors (Lipinski definition) is 4. The van der Waals surface area contributed by atoms with Gasteiger partial charge in [-0.25, -0.2) is 0 Å². The molecule has 0 aromatic heterocycles. The summed E-state index contributed by atoms with van der Waals surface area (Å²) in [6, 6.07) is 6.73. The van der Waals surface area contributed by atoms with Gasteiger partial charge in [-0.1, -0.05) is 0 Å². The maximum Gasteiger partial charge on any atom is 0.270 e. The summed E-state index contributed by atoms with van der Waals surface area (Å²) in [6.07, 6.45) is 0.428. The van der Waals surface area contributed by atoms with Crippen LogP contribution in [0.2, 0.25) is 0 Å². The number of nitriles is 1. The minimum absolute atomic E-state index is 0.0527. The van der Waals surface area contributed by atoms with Gasteiger partial charge in [0, 0.05) is 29.7 Å². The molecule has 1 aromatic rings. The van der Waals surface area contributed by atoms with E-state index in [9.17, 15) is 10.1 Å². The molecular formula is C11H12BrN3O2. The molecule has 0 amide bonds. The zero-order valence-electron chi connectivity index (χ0n) is 9.39. The second kappa shape index (κ2) is 6.21. The number of non-ortho nitro benzene ring substituents is 1. The van der Waals surface area contributed by atoms with Crippen LogP contribution in [0.3, 0.4) is 0 Å². The fourth-order valence-electron chi connectivity index (χ4n) is 1.50. The fraction of sp³-hybridized carbons (Fsp3) is 0.364. The summed E-state index contributed by atoms with van der Waals surface area (Å²) in [5.41, 5.74) is 0.922. The third kappa shape index (κ3) is 3.43.